The number of hydrogen-bond acceptors (Lipinski definition) is 8. The number of fused-ring (bicyclic) bond motifs is 12. The predicted molar refractivity (Wildman–Crippen MR) is 561 cm³/mol. The first-order chi connectivity index (χ1) is 76.2. The molecule has 0 aliphatic heterocycles. The fraction of sp³-hybridized carbons (Fsp3) is 0.424. The van der Waals surface area contributed by atoms with Crippen molar-refractivity contribution in [1.29, 1.82) is 21.0 Å². The first-order valence-corrected chi connectivity index (χ1v) is 48.4. The van der Waals surface area contributed by atoms with Crippen LogP contribution in [0.25, 0.3) is 133 Å². The molecule has 0 atom stereocenters. The fourth-order valence-electron chi connectivity index (χ4n) is 21.1. The molecule has 8 heterocycles. The Morgan fingerprint density at radius 1 is 0.372 bits per heavy atom. The van der Waals surface area contributed by atoms with Gasteiger partial charge in [0.1, 0.15) is 74.8 Å². The minimum absolute atomic E-state index is 0.0317. The first kappa shape index (κ1) is 67.7. The van der Waals surface area contributed by atoms with E-state index in [2.05, 4.69) is 87.0 Å². The maximum Gasteiger partial charge on any atom is 0.216 e. The van der Waals surface area contributed by atoms with Gasteiger partial charge in [-0.15, -0.1) is 0 Å². The highest BCUT2D eigenvalue weighted by Gasteiger charge is 2.36. The SMILES string of the molecule is [2H]C1(c2cc(C#N)c3oc4c(-c5cc(C)cc(C)[n+]5C)c(C)ccc4c3c2)CCCCC1.[2H]c1c(C([2H])(C([2H])([2H])[2H])C([2H])([2H])[2H])c(C([2H])([2H])[2H])c(C)[n+](C)c1-c1c(C)ccc2c1oc1c(C#N)c(C3([2H])CCCCC3)ccc12.[2H]c1c(C([2H])([2H])C(C)(C)C)c(C([2H])([2H])[2H])c(C)[n+](C)c1-c1c(C)ccc2c1oc1c(C#N)c(C3([2H])CCCCC3)ccc12.[2H]c1c(C([2H])([2H])C(C)(C)C)c(C([2H])([2H])[2H])c(C)[n+](C)c1-c1c(C)ccc2c1oc1c(C#N)c(C3([2H])CCCCC3)ccc12. The van der Waals surface area contributed by atoms with Crippen LogP contribution < -0.4 is 18.3 Å². The molecule has 4 aliphatic rings. The van der Waals surface area contributed by atoms with E-state index in [1.165, 1.54) is 36.2 Å². The second-order valence-corrected chi connectivity index (χ2v) is 40.4. The van der Waals surface area contributed by atoms with Crippen LogP contribution in [0.15, 0.2) is 145 Å². The van der Waals surface area contributed by atoms with Crippen molar-refractivity contribution < 1.29 is 72.9 Å². The van der Waals surface area contributed by atoms with Crippen LogP contribution in [-0.2, 0) is 40.9 Å². The maximum absolute atomic E-state index is 10.3. The van der Waals surface area contributed by atoms with Gasteiger partial charge in [-0.1, -0.05) is 217 Å². The van der Waals surface area contributed by atoms with Gasteiger partial charge in [0.15, 0.2) is 45.1 Å². The Hall–Kier alpha value is -12.5. The number of aromatic nitrogens is 4. The van der Waals surface area contributed by atoms with Gasteiger partial charge >= 0.3 is 0 Å². The minimum Gasteiger partial charge on any atom is -0.454 e. The van der Waals surface area contributed by atoms with Gasteiger partial charge in [-0.2, -0.15) is 39.3 Å². The average molecular weight is 1850 g/mol. The Bertz CT molecular complexity index is 8750. The van der Waals surface area contributed by atoms with Gasteiger partial charge in [-0.05, 0) is 238 Å². The molecular weight excluding hydrogens is 1680 g/mol. The van der Waals surface area contributed by atoms with Crippen molar-refractivity contribution in [2.75, 3.05) is 0 Å². The maximum atomic E-state index is 10.3. The highest BCUT2D eigenvalue weighted by atomic mass is 16.3. The summed E-state index contributed by atoms with van der Waals surface area (Å²) in [6, 6.07) is 43.1. The van der Waals surface area contributed by atoms with Gasteiger partial charge in [0.05, 0.1) is 48.6 Å². The number of rotatable bonds is 11. The molecule has 8 aromatic heterocycles. The van der Waals surface area contributed by atoms with Gasteiger partial charge in [0, 0.05) is 151 Å². The number of furan rings is 4. The van der Waals surface area contributed by atoms with E-state index in [-0.39, 0.29) is 68.0 Å². The van der Waals surface area contributed by atoms with Gasteiger partial charge in [-0.25, -0.2) is 0 Å². The van der Waals surface area contributed by atoms with Crippen LogP contribution in [0.4, 0.5) is 0 Å². The molecule has 0 amide bonds. The molecule has 0 radical (unpaired) electrons. The van der Waals surface area contributed by atoms with Crippen molar-refractivity contribution in [2.24, 2.45) is 39.0 Å². The van der Waals surface area contributed by atoms with Crippen LogP contribution in [0, 0.1) is 139 Å². The summed E-state index contributed by atoms with van der Waals surface area (Å²) in [5.41, 5.74) is 14.2. The summed E-state index contributed by atoms with van der Waals surface area (Å²) in [6.07, 6.45) is 13.4. The summed E-state index contributed by atoms with van der Waals surface area (Å²) in [7, 11) is 6.96. The third kappa shape index (κ3) is 18.2. The highest BCUT2D eigenvalue weighted by molar-refractivity contribution is 6.15. The normalized spacial score (nSPS) is 19.5. The molecule has 12 nitrogen and oxygen atoms in total. The molecule has 137 heavy (non-hydrogen) atoms. The van der Waals surface area contributed by atoms with Crippen molar-refractivity contribution >= 4 is 87.8 Å². The lowest BCUT2D eigenvalue weighted by Gasteiger charge is -2.22. The van der Waals surface area contributed by atoms with Crippen molar-refractivity contribution in [1.82, 2.24) is 0 Å². The number of hydrogen-bond donors (Lipinski definition) is 0. The van der Waals surface area contributed by atoms with Crippen LogP contribution >= 0.6 is 0 Å². The molecule has 4 fully saturated rings. The molecule has 0 unspecified atom stereocenters. The van der Waals surface area contributed by atoms with E-state index in [4.69, 9.17) is 46.5 Å². The molecule has 8 aromatic carbocycles. The number of nitrogens with zero attached hydrogens (tertiary/aromatic N) is 8. The van der Waals surface area contributed by atoms with Crippen LogP contribution in [0.5, 0.6) is 0 Å². The Morgan fingerprint density at radius 3 is 1.04 bits per heavy atom. The topological polar surface area (TPSA) is 163 Å². The van der Waals surface area contributed by atoms with Crippen LogP contribution in [0.3, 0.4) is 0 Å². The molecule has 702 valence electrons. The molecule has 12 heteroatoms. The molecule has 4 aliphatic carbocycles. The van der Waals surface area contributed by atoms with Crippen molar-refractivity contribution in [3.63, 3.8) is 0 Å². The summed E-state index contributed by atoms with van der Waals surface area (Å²) >= 11 is 0. The summed E-state index contributed by atoms with van der Waals surface area (Å²) in [6.45, 7) is 11.3. The lowest BCUT2D eigenvalue weighted by molar-refractivity contribution is -0.667. The van der Waals surface area contributed by atoms with E-state index >= 15 is 0 Å². The minimum atomic E-state index is -3.54. The summed E-state index contributed by atoms with van der Waals surface area (Å²) in [4.78, 5) is 0. The van der Waals surface area contributed by atoms with Crippen molar-refractivity contribution in [3.8, 4) is 69.3 Å². The van der Waals surface area contributed by atoms with Gasteiger partial charge in [0.2, 0.25) is 22.8 Å². The standard InChI is InChI=1S/2C33H39N2O.C31H35N2O.C28H29N2O/c2*1-20-13-14-27-26-16-15-25(23-11-9-8-10-12-23)28(19-34)31(26)36-32(27)30(20)29-17-24(18-33(4,5)6)21(2)22(3)35(29)7;1-18(2)26-16-28(33(6)21(5)20(26)4)29-19(3)12-13-25-24-15-14-23(22-10-8-7-9-11-22)27(17-32)30(24)34-31(25)29;1-17-12-19(3)30(4)25(13-17)26-18(2)10-11-23-24-15-21(20-8-6-5-7-9-20)14-22(16-29)27(24)31-28(23)26/h2*13-17,23H,8-12,18H2,1-7H3;12-16,18,22H,7-11H2,1-6H3;10-15,20H,5-9H2,1-4H3/q4*+1/i2*2D3,17D,18D2,23D;1D3,2D3,4D3,16D,18D,22D;20D. The number of pyridine rings is 4. The van der Waals surface area contributed by atoms with E-state index in [1.807, 2.05) is 68.4 Å². The quantitative estimate of drug-likeness (QED) is 0.116. The van der Waals surface area contributed by atoms with E-state index in [0.717, 1.165) is 155 Å². The van der Waals surface area contributed by atoms with Crippen LogP contribution in [0.2, 0.25) is 0 Å². The molecule has 4 saturated carbocycles. The first-order valence-electron chi connectivity index (χ1n) is 61.9. The molecule has 0 saturated heterocycles. The Morgan fingerprint density at radius 2 is 0.693 bits per heavy atom. The molecular formula is C125H142N8O4+4. The molecule has 0 bridgehead atoms. The van der Waals surface area contributed by atoms with Crippen LogP contribution in [-0.4, -0.2) is 0 Å². The van der Waals surface area contributed by atoms with Gasteiger partial charge in [-0.3, -0.25) is 0 Å². The Labute approximate surface area is 850 Å². The highest BCUT2D eigenvalue weighted by Crippen LogP contribution is 2.50. The zero-order valence-corrected chi connectivity index (χ0v) is 82.7. The Balaban J connectivity index is 0.000000147. The van der Waals surface area contributed by atoms with Crippen molar-refractivity contribution in [3.05, 3.63) is 256 Å². The Kier molecular flexibility index (Phi) is 19.2. The molecule has 0 spiro atoms. The number of aryl methyl sites for hydroxylation is 6. The van der Waals surface area contributed by atoms with Crippen LogP contribution in [0.1, 0.15) is 379 Å². The van der Waals surface area contributed by atoms with E-state index in [1.54, 1.807) is 110 Å². The lowest BCUT2D eigenvalue weighted by atomic mass is 9.82. The van der Waals surface area contributed by atoms with Gasteiger partial charge in [0.25, 0.3) is 0 Å². The monoisotopic (exact) mass is 1850 g/mol. The van der Waals surface area contributed by atoms with E-state index in [0.29, 0.717) is 150 Å². The van der Waals surface area contributed by atoms with E-state index < -0.39 is 104 Å². The molecule has 0 N–H and O–H groups in total. The molecule has 16 aromatic rings. The third-order valence-corrected chi connectivity index (χ3v) is 28.8. The van der Waals surface area contributed by atoms with Gasteiger partial charge < -0.3 is 17.7 Å². The summed E-state index contributed by atoms with van der Waals surface area (Å²) < 4.78 is 267. The largest absolute Gasteiger partial charge is 0.454 e. The zero-order chi connectivity index (χ0) is 121. The summed E-state index contributed by atoms with van der Waals surface area (Å²) in [5.74, 6) is -6.74. The van der Waals surface area contributed by atoms with E-state index in [9.17, 15) is 29.3 Å². The third-order valence-electron chi connectivity index (χ3n) is 28.8. The van der Waals surface area contributed by atoms with Crippen molar-refractivity contribution in [2.45, 2.75) is 309 Å². The molecule has 20 rings (SSSR count). The second kappa shape index (κ2) is 38.8. The average Bonchev–Trinajstić information content (AvgIpc) is 0.746. The second-order valence-electron chi connectivity index (χ2n) is 40.4. The number of nitriles is 4. The number of benzene rings is 8. The fourth-order valence-corrected chi connectivity index (χ4v) is 21.1. The predicted octanol–water partition coefficient (Wildman–Crippen LogP) is 32.0. The smallest absolute Gasteiger partial charge is 0.216 e. The zero-order valence-electron chi connectivity index (χ0n) is 110. The lowest BCUT2D eigenvalue weighted by Crippen LogP contribution is -2.36. The summed E-state index contributed by atoms with van der Waals surface area (Å²) in [5, 5.41) is 47.0.